The molecule has 7 nitrogen and oxygen atoms in total. The molecule has 3 heterocycles. The van der Waals surface area contributed by atoms with Crippen LogP contribution in [0.1, 0.15) is 23.3 Å². The molecule has 0 atom stereocenters. The van der Waals surface area contributed by atoms with Crippen LogP contribution in [0.15, 0.2) is 36.8 Å². The number of carbonyl (C=O) groups is 1. The predicted molar refractivity (Wildman–Crippen MR) is 101 cm³/mol. The number of fused-ring (bicyclic) bond motifs is 1. The summed E-state index contributed by atoms with van der Waals surface area (Å²) in [5.41, 5.74) is 1.27. The van der Waals surface area contributed by atoms with Gasteiger partial charge in [-0.05, 0) is 25.0 Å². The molecule has 8 heteroatoms. The molecule has 1 aliphatic rings. The minimum Gasteiger partial charge on any atom is -0.494 e. The number of methoxy groups -OCH3 is 1. The second kappa shape index (κ2) is 7.25. The summed E-state index contributed by atoms with van der Waals surface area (Å²) in [7, 11) is 1.67. The molecule has 1 aromatic carbocycles. The lowest BCUT2D eigenvalue weighted by molar-refractivity contribution is 0.0925. The minimum atomic E-state index is -0.165. The third kappa shape index (κ3) is 3.32. The monoisotopic (exact) mass is 369 g/mol. The van der Waals surface area contributed by atoms with Gasteiger partial charge in [0.1, 0.15) is 17.0 Å². The van der Waals surface area contributed by atoms with E-state index in [0.29, 0.717) is 5.69 Å². The Bertz CT molecular complexity index is 906. The first kappa shape index (κ1) is 16.7. The number of anilines is 1. The highest BCUT2D eigenvalue weighted by atomic mass is 32.1. The van der Waals surface area contributed by atoms with Crippen LogP contribution in [0.5, 0.6) is 5.75 Å². The number of hydrogen-bond acceptors (Lipinski definition) is 7. The highest BCUT2D eigenvalue weighted by Gasteiger charge is 2.24. The molecular formula is C18H19N5O2S. The number of benzene rings is 1. The largest absolute Gasteiger partial charge is 0.494 e. The summed E-state index contributed by atoms with van der Waals surface area (Å²) in [5.74, 6) is 0.636. The summed E-state index contributed by atoms with van der Waals surface area (Å²) < 4.78 is 6.52. The van der Waals surface area contributed by atoms with Crippen LogP contribution in [-0.2, 0) is 0 Å². The summed E-state index contributed by atoms with van der Waals surface area (Å²) in [5, 5.41) is 4.05. The predicted octanol–water partition coefficient (Wildman–Crippen LogP) is 2.49. The van der Waals surface area contributed by atoms with E-state index in [1.54, 1.807) is 24.6 Å². The molecule has 134 valence electrons. The van der Waals surface area contributed by atoms with Gasteiger partial charge in [-0.2, -0.15) is 0 Å². The van der Waals surface area contributed by atoms with Crippen molar-refractivity contribution in [1.29, 1.82) is 0 Å². The van der Waals surface area contributed by atoms with Crippen LogP contribution in [0.3, 0.4) is 0 Å². The van der Waals surface area contributed by atoms with Crippen LogP contribution in [-0.4, -0.2) is 47.1 Å². The topological polar surface area (TPSA) is 80.2 Å². The first-order chi connectivity index (χ1) is 12.7. The molecule has 0 spiro atoms. The Morgan fingerprint density at radius 3 is 2.88 bits per heavy atom. The van der Waals surface area contributed by atoms with Crippen molar-refractivity contribution in [3.05, 3.63) is 42.5 Å². The van der Waals surface area contributed by atoms with E-state index in [1.807, 2.05) is 12.1 Å². The van der Waals surface area contributed by atoms with Crippen LogP contribution >= 0.6 is 11.3 Å². The van der Waals surface area contributed by atoms with Crippen LogP contribution in [0.2, 0.25) is 0 Å². The molecular weight excluding hydrogens is 350 g/mol. The van der Waals surface area contributed by atoms with E-state index in [0.717, 1.165) is 47.0 Å². The fraction of sp³-hybridized carbons (Fsp3) is 0.333. The maximum Gasteiger partial charge on any atom is 0.271 e. The maximum atomic E-state index is 12.2. The lowest BCUT2D eigenvalue weighted by Gasteiger charge is -2.32. The van der Waals surface area contributed by atoms with E-state index in [-0.39, 0.29) is 11.9 Å². The molecule has 3 aromatic rings. The summed E-state index contributed by atoms with van der Waals surface area (Å²) >= 11 is 1.67. The summed E-state index contributed by atoms with van der Waals surface area (Å²) in [6.45, 7) is 1.71. The van der Waals surface area contributed by atoms with Crippen molar-refractivity contribution >= 4 is 32.6 Å². The Hall–Kier alpha value is -2.74. The van der Waals surface area contributed by atoms with E-state index < -0.39 is 0 Å². The molecule has 1 saturated heterocycles. The number of aromatic nitrogens is 3. The zero-order chi connectivity index (χ0) is 17.9. The molecule has 0 aliphatic carbocycles. The molecule has 1 N–H and O–H groups in total. The first-order valence-electron chi connectivity index (χ1n) is 8.50. The summed E-state index contributed by atoms with van der Waals surface area (Å²) in [4.78, 5) is 27.2. The summed E-state index contributed by atoms with van der Waals surface area (Å²) in [6.07, 6.45) is 6.32. The van der Waals surface area contributed by atoms with E-state index in [1.165, 1.54) is 12.4 Å². The smallest absolute Gasteiger partial charge is 0.271 e. The number of piperidine rings is 1. The van der Waals surface area contributed by atoms with Crippen molar-refractivity contribution in [1.82, 2.24) is 20.3 Å². The molecule has 0 saturated carbocycles. The third-order valence-corrected chi connectivity index (χ3v) is 5.57. The average molecular weight is 369 g/mol. The Kier molecular flexibility index (Phi) is 4.66. The van der Waals surface area contributed by atoms with Crippen LogP contribution in [0.4, 0.5) is 5.13 Å². The van der Waals surface area contributed by atoms with Crippen molar-refractivity contribution in [2.45, 2.75) is 18.9 Å². The van der Waals surface area contributed by atoms with Crippen LogP contribution < -0.4 is 15.0 Å². The van der Waals surface area contributed by atoms with Gasteiger partial charge in [-0.25, -0.2) is 9.97 Å². The number of nitrogens with zero attached hydrogens (tertiary/aromatic N) is 4. The average Bonchev–Trinajstić information content (AvgIpc) is 3.13. The molecule has 1 fully saturated rings. The number of carbonyl (C=O) groups excluding carboxylic acids is 1. The normalized spacial score (nSPS) is 15.2. The fourth-order valence-corrected chi connectivity index (χ4v) is 4.14. The summed E-state index contributed by atoms with van der Waals surface area (Å²) in [6, 6.07) is 6.12. The standard InChI is InChI=1S/C18H19N5O2S/c1-25-14-3-2-4-15-16(14)22-18(26-15)23-9-5-12(6-10-23)21-17(24)13-11-19-7-8-20-13/h2-4,7-8,11-12H,5-6,9-10H2,1H3,(H,21,24). The minimum absolute atomic E-state index is 0.143. The zero-order valence-corrected chi connectivity index (χ0v) is 15.2. The van der Waals surface area contributed by atoms with Gasteiger partial charge in [-0.3, -0.25) is 9.78 Å². The van der Waals surface area contributed by atoms with Crippen molar-refractivity contribution in [3.8, 4) is 5.75 Å². The number of rotatable bonds is 4. The van der Waals surface area contributed by atoms with Crippen molar-refractivity contribution < 1.29 is 9.53 Å². The van der Waals surface area contributed by atoms with Crippen LogP contribution in [0.25, 0.3) is 10.2 Å². The Morgan fingerprint density at radius 1 is 1.31 bits per heavy atom. The highest BCUT2D eigenvalue weighted by molar-refractivity contribution is 7.22. The molecule has 1 aliphatic heterocycles. The second-order valence-electron chi connectivity index (χ2n) is 6.13. The van der Waals surface area contributed by atoms with E-state index in [9.17, 15) is 4.79 Å². The van der Waals surface area contributed by atoms with E-state index >= 15 is 0 Å². The molecule has 4 rings (SSSR count). The Balaban J connectivity index is 1.40. The molecule has 0 radical (unpaired) electrons. The van der Waals surface area contributed by atoms with Gasteiger partial charge in [0, 0.05) is 31.5 Å². The molecule has 2 aromatic heterocycles. The number of para-hydroxylation sites is 1. The lowest BCUT2D eigenvalue weighted by Crippen LogP contribution is -2.44. The van der Waals surface area contributed by atoms with Crippen molar-refractivity contribution in [2.75, 3.05) is 25.1 Å². The Morgan fingerprint density at radius 2 is 2.15 bits per heavy atom. The van der Waals surface area contributed by atoms with E-state index in [4.69, 9.17) is 9.72 Å². The number of nitrogens with one attached hydrogen (secondary N) is 1. The number of hydrogen-bond donors (Lipinski definition) is 1. The number of amides is 1. The van der Waals surface area contributed by atoms with Crippen molar-refractivity contribution in [2.24, 2.45) is 0 Å². The molecule has 26 heavy (non-hydrogen) atoms. The van der Waals surface area contributed by atoms with Crippen LogP contribution in [0, 0.1) is 0 Å². The Labute approximate surface area is 155 Å². The number of ether oxygens (including phenoxy) is 1. The molecule has 1 amide bonds. The quantitative estimate of drug-likeness (QED) is 0.761. The molecule has 0 unspecified atom stereocenters. The highest BCUT2D eigenvalue weighted by Crippen LogP contribution is 2.34. The van der Waals surface area contributed by atoms with Gasteiger partial charge in [-0.1, -0.05) is 17.4 Å². The van der Waals surface area contributed by atoms with Gasteiger partial charge in [0.15, 0.2) is 5.13 Å². The third-order valence-electron chi connectivity index (χ3n) is 4.49. The van der Waals surface area contributed by atoms with Crippen molar-refractivity contribution in [3.63, 3.8) is 0 Å². The van der Waals surface area contributed by atoms with Gasteiger partial charge in [0.05, 0.1) is 18.0 Å². The second-order valence-corrected chi connectivity index (χ2v) is 7.14. The van der Waals surface area contributed by atoms with Gasteiger partial charge >= 0.3 is 0 Å². The SMILES string of the molecule is COc1cccc2sc(N3CCC(NC(=O)c4cnccn4)CC3)nc12. The van der Waals surface area contributed by atoms with Gasteiger partial charge in [0.2, 0.25) is 0 Å². The van der Waals surface area contributed by atoms with Gasteiger partial charge < -0.3 is 15.0 Å². The van der Waals surface area contributed by atoms with E-state index in [2.05, 4.69) is 26.3 Å². The lowest BCUT2D eigenvalue weighted by atomic mass is 10.1. The fourth-order valence-electron chi connectivity index (χ4n) is 3.10. The molecule has 0 bridgehead atoms. The maximum absolute atomic E-state index is 12.2. The van der Waals surface area contributed by atoms with Gasteiger partial charge in [-0.15, -0.1) is 0 Å². The van der Waals surface area contributed by atoms with Gasteiger partial charge in [0.25, 0.3) is 5.91 Å². The number of thiazole rings is 1. The first-order valence-corrected chi connectivity index (χ1v) is 9.31. The zero-order valence-electron chi connectivity index (χ0n) is 14.4.